The predicted molar refractivity (Wildman–Crippen MR) is 98.2 cm³/mol. The third-order valence-electron chi connectivity index (χ3n) is 4.18. The van der Waals surface area contributed by atoms with E-state index in [2.05, 4.69) is 41.0 Å². The van der Waals surface area contributed by atoms with Crippen LogP contribution in [0, 0.1) is 0 Å². The number of benzene rings is 1. The first-order valence-electron chi connectivity index (χ1n) is 8.51. The Morgan fingerprint density at radius 3 is 2.40 bits per heavy atom. The minimum absolute atomic E-state index is 0.0550. The monoisotopic (exact) mass is 340 g/mol. The Hall–Kier alpha value is -2.47. The van der Waals surface area contributed by atoms with Crippen LogP contribution >= 0.6 is 0 Å². The van der Waals surface area contributed by atoms with Crippen LogP contribution in [0.3, 0.4) is 0 Å². The second kappa shape index (κ2) is 7.19. The summed E-state index contributed by atoms with van der Waals surface area (Å²) in [5.41, 5.74) is 2.30. The van der Waals surface area contributed by atoms with Gasteiger partial charge in [-0.2, -0.15) is 0 Å². The van der Waals surface area contributed by atoms with Crippen molar-refractivity contribution in [3.05, 3.63) is 47.8 Å². The van der Waals surface area contributed by atoms with Gasteiger partial charge in [-0.15, -0.1) is 0 Å². The highest BCUT2D eigenvalue weighted by Crippen LogP contribution is 2.29. The van der Waals surface area contributed by atoms with E-state index in [1.54, 1.807) is 12.4 Å². The number of ether oxygens (including phenoxy) is 1. The van der Waals surface area contributed by atoms with Crippen molar-refractivity contribution in [3.8, 4) is 0 Å². The molecule has 0 spiro atoms. The van der Waals surface area contributed by atoms with Gasteiger partial charge in [-0.25, -0.2) is 9.97 Å². The van der Waals surface area contributed by atoms with Crippen molar-refractivity contribution in [3.63, 3.8) is 0 Å². The van der Waals surface area contributed by atoms with Crippen molar-refractivity contribution in [2.24, 2.45) is 0 Å². The van der Waals surface area contributed by atoms with Crippen LogP contribution < -0.4 is 10.2 Å². The highest BCUT2D eigenvalue weighted by atomic mass is 16.5. The van der Waals surface area contributed by atoms with E-state index in [1.807, 2.05) is 24.3 Å². The molecule has 2 aromatic rings. The van der Waals surface area contributed by atoms with Gasteiger partial charge in [0, 0.05) is 31.2 Å². The van der Waals surface area contributed by atoms with Gasteiger partial charge in [-0.3, -0.25) is 4.79 Å². The number of aromatic nitrogens is 2. The number of amides is 1. The number of anilines is 2. The summed E-state index contributed by atoms with van der Waals surface area (Å²) in [5.74, 6) is 0.431. The second-order valence-electron chi connectivity index (χ2n) is 7.12. The summed E-state index contributed by atoms with van der Waals surface area (Å²) in [6.07, 6.45) is 3.15. The Balaban J connectivity index is 1.74. The van der Waals surface area contributed by atoms with Gasteiger partial charge in [0.2, 0.25) is 5.95 Å². The largest absolute Gasteiger partial charge is 0.378 e. The summed E-state index contributed by atoms with van der Waals surface area (Å²) >= 11 is 0. The molecule has 1 aliphatic heterocycles. The van der Waals surface area contributed by atoms with Gasteiger partial charge in [0.15, 0.2) is 0 Å². The fourth-order valence-electron chi connectivity index (χ4n) is 2.81. The first-order chi connectivity index (χ1) is 11.9. The molecule has 2 heterocycles. The van der Waals surface area contributed by atoms with Crippen molar-refractivity contribution in [2.75, 3.05) is 36.5 Å². The van der Waals surface area contributed by atoms with E-state index in [1.165, 1.54) is 0 Å². The molecule has 6 heteroatoms. The number of hydrogen-bond donors (Lipinski definition) is 1. The van der Waals surface area contributed by atoms with Crippen molar-refractivity contribution in [2.45, 2.75) is 26.2 Å². The normalized spacial score (nSPS) is 15.1. The molecule has 6 nitrogen and oxygen atoms in total. The van der Waals surface area contributed by atoms with Crippen molar-refractivity contribution < 1.29 is 9.53 Å². The average molecular weight is 340 g/mol. The Kier molecular flexibility index (Phi) is 4.99. The lowest BCUT2D eigenvalue weighted by Crippen LogP contribution is -2.37. The minimum atomic E-state index is -0.203. The van der Waals surface area contributed by atoms with Crippen LogP contribution in [0.4, 0.5) is 11.6 Å². The summed E-state index contributed by atoms with van der Waals surface area (Å²) in [6.45, 7) is 9.26. The summed E-state index contributed by atoms with van der Waals surface area (Å²) in [5, 5.41) is 2.98. The zero-order valence-electron chi connectivity index (χ0n) is 15.0. The average Bonchev–Trinajstić information content (AvgIpc) is 2.62. The van der Waals surface area contributed by atoms with Crippen LogP contribution in [-0.2, 0) is 10.2 Å². The van der Waals surface area contributed by atoms with E-state index in [0.717, 1.165) is 24.3 Å². The topological polar surface area (TPSA) is 67.4 Å². The van der Waals surface area contributed by atoms with Crippen molar-refractivity contribution in [1.29, 1.82) is 0 Å². The second-order valence-corrected chi connectivity index (χ2v) is 7.12. The SMILES string of the molecule is CC(C)(C)c1ccccc1NC(=O)c1cnc(N2CCOCC2)nc1. The Morgan fingerprint density at radius 2 is 1.76 bits per heavy atom. The van der Waals surface area contributed by atoms with Crippen LogP contribution in [-0.4, -0.2) is 42.2 Å². The van der Waals surface area contributed by atoms with E-state index in [4.69, 9.17) is 4.74 Å². The molecule has 25 heavy (non-hydrogen) atoms. The molecule has 1 saturated heterocycles. The maximum absolute atomic E-state index is 12.6. The molecule has 1 N–H and O–H groups in total. The number of hydrogen-bond acceptors (Lipinski definition) is 5. The number of carbonyl (C=O) groups excluding carboxylic acids is 1. The van der Waals surface area contributed by atoms with Crippen molar-refractivity contribution >= 4 is 17.5 Å². The van der Waals surface area contributed by atoms with Gasteiger partial charge in [0.1, 0.15) is 0 Å². The van der Waals surface area contributed by atoms with Crippen LogP contribution in [0.1, 0.15) is 36.7 Å². The minimum Gasteiger partial charge on any atom is -0.378 e. The lowest BCUT2D eigenvalue weighted by Gasteiger charge is -2.26. The van der Waals surface area contributed by atoms with E-state index < -0.39 is 0 Å². The molecule has 3 rings (SSSR count). The molecule has 1 aromatic carbocycles. The summed E-state index contributed by atoms with van der Waals surface area (Å²) < 4.78 is 5.33. The molecule has 1 aliphatic rings. The molecular weight excluding hydrogens is 316 g/mol. The van der Waals surface area contributed by atoms with Crippen LogP contribution in [0.5, 0.6) is 0 Å². The van der Waals surface area contributed by atoms with E-state index in [-0.39, 0.29) is 11.3 Å². The van der Waals surface area contributed by atoms with Crippen LogP contribution in [0.2, 0.25) is 0 Å². The molecule has 0 radical (unpaired) electrons. The molecule has 132 valence electrons. The Labute approximate surface area is 148 Å². The first-order valence-corrected chi connectivity index (χ1v) is 8.51. The molecule has 0 saturated carbocycles. The highest BCUT2D eigenvalue weighted by Gasteiger charge is 2.19. The summed E-state index contributed by atoms with van der Waals surface area (Å²) in [7, 11) is 0. The standard InChI is InChI=1S/C19H24N4O2/c1-19(2,3)15-6-4-5-7-16(15)22-17(24)14-12-20-18(21-13-14)23-8-10-25-11-9-23/h4-7,12-13H,8-11H2,1-3H3,(H,22,24). The fourth-order valence-corrected chi connectivity index (χ4v) is 2.81. The van der Waals surface area contributed by atoms with E-state index in [0.29, 0.717) is 24.7 Å². The lowest BCUT2D eigenvalue weighted by molar-refractivity contribution is 0.102. The molecule has 0 aliphatic carbocycles. The van der Waals surface area contributed by atoms with Gasteiger partial charge in [-0.1, -0.05) is 39.0 Å². The Morgan fingerprint density at radius 1 is 1.12 bits per heavy atom. The zero-order valence-corrected chi connectivity index (χ0v) is 15.0. The number of rotatable bonds is 3. The quantitative estimate of drug-likeness (QED) is 0.930. The number of nitrogens with one attached hydrogen (secondary N) is 1. The third kappa shape index (κ3) is 4.14. The molecule has 1 amide bonds. The van der Waals surface area contributed by atoms with Gasteiger partial charge in [-0.05, 0) is 17.0 Å². The molecule has 0 bridgehead atoms. The summed E-state index contributed by atoms with van der Waals surface area (Å²) in [4.78, 5) is 23.3. The smallest absolute Gasteiger partial charge is 0.258 e. The Bertz CT molecular complexity index is 732. The third-order valence-corrected chi connectivity index (χ3v) is 4.18. The molecule has 0 unspecified atom stereocenters. The first kappa shape index (κ1) is 17.4. The predicted octanol–water partition coefficient (Wildman–Crippen LogP) is 2.86. The molecule has 1 aromatic heterocycles. The van der Waals surface area contributed by atoms with E-state index >= 15 is 0 Å². The molecule has 0 atom stereocenters. The zero-order chi connectivity index (χ0) is 17.9. The number of nitrogens with zero attached hydrogens (tertiary/aromatic N) is 3. The van der Waals surface area contributed by atoms with Gasteiger partial charge in [0.05, 0.1) is 18.8 Å². The number of carbonyl (C=O) groups is 1. The summed E-state index contributed by atoms with van der Waals surface area (Å²) in [6, 6.07) is 7.86. The van der Waals surface area contributed by atoms with Gasteiger partial charge < -0.3 is 15.0 Å². The maximum Gasteiger partial charge on any atom is 0.258 e. The number of morpholine rings is 1. The lowest BCUT2D eigenvalue weighted by atomic mass is 9.86. The maximum atomic E-state index is 12.6. The van der Waals surface area contributed by atoms with Crippen molar-refractivity contribution in [1.82, 2.24) is 9.97 Å². The van der Waals surface area contributed by atoms with Gasteiger partial charge in [0.25, 0.3) is 5.91 Å². The molecular formula is C19H24N4O2. The van der Waals surface area contributed by atoms with Crippen LogP contribution in [0.15, 0.2) is 36.7 Å². The highest BCUT2D eigenvalue weighted by molar-refractivity contribution is 6.04. The van der Waals surface area contributed by atoms with Gasteiger partial charge >= 0.3 is 0 Å². The fraction of sp³-hybridized carbons (Fsp3) is 0.421. The molecule has 1 fully saturated rings. The number of para-hydroxylation sites is 1. The van der Waals surface area contributed by atoms with E-state index in [9.17, 15) is 4.79 Å². The van der Waals surface area contributed by atoms with Crippen LogP contribution in [0.25, 0.3) is 0 Å².